The maximum Gasteiger partial charge on any atom is 0.133 e. The molecule has 0 aliphatic rings. The summed E-state index contributed by atoms with van der Waals surface area (Å²) >= 11 is 3.46. The lowest BCUT2D eigenvalue weighted by atomic mass is 10.0. The molecule has 74 valence electrons. The molecule has 3 heteroatoms. The molecule has 0 aromatic heterocycles. The SMILES string of the molecule is CCCc1c(C#N)ccc(OC)c1Br. The Labute approximate surface area is 92.6 Å². The van der Waals surface area contributed by atoms with Crippen LogP contribution in [-0.2, 0) is 6.42 Å². The van der Waals surface area contributed by atoms with Crippen LogP contribution in [0.25, 0.3) is 0 Å². The Kier molecular flexibility index (Phi) is 3.97. The lowest BCUT2D eigenvalue weighted by molar-refractivity contribution is 0.411. The lowest BCUT2D eigenvalue weighted by Crippen LogP contribution is -1.94. The third kappa shape index (κ3) is 2.08. The summed E-state index contributed by atoms with van der Waals surface area (Å²) in [5.74, 6) is 0.785. The van der Waals surface area contributed by atoms with Gasteiger partial charge < -0.3 is 4.74 Å². The second kappa shape index (κ2) is 5.02. The average Bonchev–Trinajstić information content (AvgIpc) is 2.21. The second-order valence-electron chi connectivity index (χ2n) is 2.97. The van der Waals surface area contributed by atoms with Crippen LogP contribution in [0.15, 0.2) is 16.6 Å². The number of methoxy groups -OCH3 is 1. The first-order valence-electron chi connectivity index (χ1n) is 4.50. The smallest absolute Gasteiger partial charge is 0.133 e. The van der Waals surface area contributed by atoms with Crippen molar-refractivity contribution in [3.05, 3.63) is 27.7 Å². The summed E-state index contributed by atoms with van der Waals surface area (Å²) in [4.78, 5) is 0. The minimum atomic E-state index is 0.722. The zero-order valence-corrected chi connectivity index (χ0v) is 9.89. The maximum absolute atomic E-state index is 8.92. The number of rotatable bonds is 3. The number of hydrogen-bond acceptors (Lipinski definition) is 2. The van der Waals surface area contributed by atoms with Crippen molar-refractivity contribution in [3.63, 3.8) is 0 Å². The zero-order chi connectivity index (χ0) is 10.6. The molecule has 0 bridgehead atoms. The number of hydrogen-bond donors (Lipinski definition) is 0. The highest BCUT2D eigenvalue weighted by molar-refractivity contribution is 9.10. The minimum absolute atomic E-state index is 0.722. The number of benzene rings is 1. The Morgan fingerprint density at radius 2 is 2.21 bits per heavy atom. The summed E-state index contributed by atoms with van der Waals surface area (Å²) < 4.78 is 6.08. The first-order valence-corrected chi connectivity index (χ1v) is 5.29. The molecule has 0 N–H and O–H groups in total. The molecule has 2 nitrogen and oxygen atoms in total. The number of halogens is 1. The molecular formula is C11H12BrNO. The van der Waals surface area contributed by atoms with Crippen molar-refractivity contribution >= 4 is 15.9 Å². The van der Waals surface area contributed by atoms with Gasteiger partial charge in [-0.05, 0) is 40.0 Å². The van der Waals surface area contributed by atoms with Crippen molar-refractivity contribution in [2.45, 2.75) is 19.8 Å². The third-order valence-electron chi connectivity index (χ3n) is 2.05. The van der Waals surface area contributed by atoms with Crippen LogP contribution in [0, 0.1) is 11.3 Å². The van der Waals surface area contributed by atoms with Crippen LogP contribution in [0.3, 0.4) is 0 Å². The Morgan fingerprint density at radius 3 is 2.71 bits per heavy atom. The van der Waals surface area contributed by atoms with Crippen LogP contribution in [0.4, 0.5) is 0 Å². The standard InChI is InChI=1S/C11H12BrNO/c1-3-4-9-8(7-13)5-6-10(14-2)11(9)12/h5-6H,3-4H2,1-2H3. The van der Waals surface area contributed by atoms with Crippen molar-refractivity contribution in [1.82, 2.24) is 0 Å². The maximum atomic E-state index is 8.92. The van der Waals surface area contributed by atoms with Crippen LogP contribution >= 0.6 is 15.9 Å². The molecule has 0 saturated heterocycles. The normalized spacial score (nSPS) is 9.57. The molecule has 0 heterocycles. The molecule has 0 amide bonds. The van der Waals surface area contributed by atoms with Crippen molar-refractivity contribution in [2.75, 3.05) is 7.11 Å². The van der Waals surface area contributed by atoms with E-state index in [1.807, 2.05) is 6.07 Å². The first-order chi connectivity index (χ1) is 6.74. The van der Waals surface area contributed by atoms with Gasteiger partial charge in [0.25, 0.3) is 0 Å². The highest BCUT2D eigenvalue weighted by Crippen LogP contribution is 2.31. The predicted molar refractivity (Wildman–Crippen MR) is 59.4 cm³/mol. The number of nitrogens with zero attached hydrogens (tertiary/aromatic N) is 1. The zero-order valence-electron chi connectivity index (χ0n) is 8.30. The van der Waals surface area contributed by atoms with E-state index in [-0.39, 0.29) is 0 Å². The minimum Gasteiger partial charge on any atom is -0.496 e. The quantitative estimate of drug-likeness (QED) is 0.829. The van der Waals surface area contributed by atoms with Crippen LogP contribution in [0.2, 0.25) is 0 Å². The van der Waals surface area contributed by atoms with Crippen LogP contribution < -0.4 is 4.74 Å². The predicted octanol–water partition coefficient (Wildman–Crippen LogP) is 3.28. The highest BCUT2D eigenvalue weighted by atomic mass is 79.9. The van der Waals surface area contributed by atoms with Gasteiger partial charge in [0, 0.05) is 0 Å². The molecular weight excluding hydrogens is 242 g/mol. The van der Waals surface area contributed by atoms with Gasteiger partial charge >= 0.3 is 0 Å². The molecule has 0 spiro atoms. The molecule has 0 radical (unpaired) electrons. The van der Waals surface area contributed by atoms with Gasteiger partial charge in [-0.1, -0.05) is 13.3 Å². The van der Waals surface area contributed by atoms with E-state index in [1.54, 1.807) is 13.2 Å². The van der Waals surface area contributed by atoms with E-state index < -0.39 is 0 Å². The van der Waals surface area contributed by atoms with Crippen LogP contribution in [0.5, 0.6) is 5.75 Å². The van der Waals surface area contributed by atoms with Crippen LogP contribution in [-0.4, -0.2) is 7.11 Å². The lowest BCUT2D eigenvalue weighted by Gasteiger charge is -2.09. The topological polar surface area (TPSA) is 33.0 Å². The van der Waals surface area contributed by atoms with E-state index in [0.717, 1.165) is 34.2 Å². The molecule has 0 aliphatic heterocycles. The first kappa shape index (κ1) is 11.1. The van der Waals surface area contributed by atoms with Gasteiger partial charge in [0.2, 0.25) is 0 Å². The number of nitriles is 1. The van der Waals surface area contributed by atoms with Gasteiger partial charge in [-0.15, -0.1) is 0 Å². The molecule has 1 aromatic rings. The molecule has 0 fully saturated rings. The molecule has 14 heavy (non-hydrogen) atoms. The van der Waals surface area contributed by atoms with Gasteiger partial charge in [-0.25, -0.2) is 0 Å². The summed E-state index contributed by atoms with van der Waals surface area (Å²) in [6.07, 6.45) is 1.90. The summed E-state index contributed by atoms with van der Waals surface area (Å²) in [6.45, 7) is 2.09. The second-order valence-corrected chi connectivity index (χ2v) is 3.76. The summed E-state index contributed by atoms with van der Waals surface area (Å²) in [5.41, 5.74) is 1.76. The van der Waals surface area contributed by atoms with Crippen molar-refractivity contribution in [2.24, 2.45) is 0 Å². The van der Waals surface area contributed by atoms with Gasteiger partial charge in [0.05, 0.1) is 23.2 Å². The fraction of sp³-hybridized carbons (Fsp3) is 0.364. The summed E-state index contributed by atoms with van der Waals surface area (Å²) in [6, 6.07) is 5.79. The summed E-state index contributed by atoms with van der Waals surface area (Å²) in [5, 5.41) is 8.92. The fourth-order valence-corrected chi connectivity index (χ4v) is 2.06. The Hall–Kier alpha value is -1.01. The van der Waals surface area contributed by atoms with E-state index in [4.69, 9.17) is 10.00 Å². The van der Waals surface area contributed by atoms with Gasteiger partial charge in [0.15, 0.2) is 0 Å². The third-order valence-corrected chi connectivity index (χ3v) is 2.92. The largest absolute Gasteiger partial charge is 0.496 e. The van der Waals surface area contributed by atoms with E-state index in [2.05, 4.69) is 28.9 Å². The molecule has 0 aliphatic carbocycles. The molecule has 1 rings (SSSR count). The Bertz CT molecular complexity index is 368. The van der Waals surface area contributed by atoms with Crippen molar-refractivity contribution in [3.8, 4) is 11.8 Å². The number of ether oxygens (including phenoxy) is 1. The molecule has 1 aromatic carbocycles. The molecule has 0 saturated carbocycles. The fourth-order valence-electron chi connectivity index (χ4n) is 1.36. The summed E-state index contributed by atoms with van der Waals surface area (Å²) in [7, 11) is 1.63. The molecule has 0 atom stereocenters. The van der Waals surface area contributed by atoms with Gasteiger partial charge in [-0.2, -0.15) is 5.26 Å². The van der Waals surface area contributed by atoms with E-state index in [0.29, 0.717) is 0 Å². The Morgan fingerprint density at radius 1 is 1.50 bits per heavy atom. The van der Waals surface area contributed by atoms with E-state index >= 15 is 0 Å². The van der Waals surface area contributed by atoms with E-state index in [9.17, 15) is 0 Å². The van der Waals surface area contributed by atoms with Gasteiger partial charge in [-0.3, -0.25) is 0 Å². The van der Waals surface area contributed by atoms with Crippen LogP contribution in [0.1, 0.15) is 24.5 Å². The van der Waals surface area contributed by atoms with Crippen molar-refractivity contribution < 1.29 is 4.74 Å². The average molecular weight is 254 g/mol. The van der Waals surface area contributed by atoms with Gasteiger partial charge in [0.1, 0.15) is 5.75 Å². The van der Waals surface area contributed by atoms with Crippen molar-refractivity contribution in [1.29, 1.82) is 5.26 Å². The highest BCUT2D eigenvalue weighted by Gasteiger charge is 2.10. The Balaban J connectivity index is 3.25. The molecule has 0 unspecified atom stereocenters. The monoisotopic (exact) mass is 253 g/mol. The van der Waals surface area contributed by atoms with E-state index in [1.165, 1.54) is 0 Å².